The van der Waals surface area contributed by atoms with Crippen LogP contribution in [0.1, 0.15) is 39.2 Å². The number of nitro benzene ring substituents is 1. The molecule has 0 spiro atoms. The van der Waals surface area contributed by atoms with E-state index in [-0.39, 0.29) is 23.0 Å². The maximum Gasteiger partial charge on any atom is 0.415 e. The van der Waals surface area contributed by atoms with Crippen LogP contribution >= 0.6 is 0 Å². The Kier molecular flexibility index (Phi) is 5.59. The highest BCUT2D eigenvalue weighted by Crippen LogP contribution is 2.33. The molecule has 1 aromatic rings. The Labute approximate surface area is 146 Å². The number of nitriles is 1. The second-order valence-corrected chi connectivity index (χ2v) is 6.92. The van der Waals surface area contributed by atoms with Gasteiger partial charge in [0.2, 0.25) is 0 Å². The van der Waals surface area contributed by atoms with Gasteiger partial charge in [0.15, 0.2) is 0 Å². The first-order chi connectivity index (χ1) is 11.7. The lowest BCUT2D eigenvalue weighted by atomic mass is 10.0. The van der Waals surface area contributed by atoms with Crippen LogP contribution in [0.5, 0.6) is 0 Å². The number of hydrogen-bond donors (Lipinski definition) is 1. The van der Waals surface area contributed by atoms with Gasteiger partial charge in [-0.1, -0.05) is 0 Å². The number of carbonyl (C=O) groups is 1. The molecule has 2 rings (SSSR count). The molecule has 0 radical (unpaired) electrons. The maximum absolute atomic E-state index is 12.8. The zero-order valence-electron chi connectivity index (χ0n) is 14.6. The average Bonchev–Trinajstić information content (AvgIpc) is 2.54. The number of carbonyl (C=O) groups excluding carboxylic acids is 1. The third-order valence-corrected chi connectivity index (χ3v) is 3.79. The molecule has 134 valence electrons. The van der Waals surface area contributed by atoms with E-state index in [1.165, 1.54) is 23.1 Å². The van der Waals surface area contributed by atoms with Crippen LogP contribution in [0.25, 0.3) is 0 Å². The number of benzene rings is 1. The van der Waals surface area contributed by atoms with Crippen molar-refractivity contribution in [3.8, 4) is 6.07 Å². The Morgan fingerprint density at radius 3 is 2.72 bits per heavy atom. The molecule has 0 aromatic heterocycles. The maximum atomic E-state index is 12.8. The van der Waals surface area contributed by atoms with Crippen molar-refractivity contribution in [2.45, 2.75) is 45.3 Å². The highest BCUT2D eigenvalue weighted by molar-refractivity contribution is 5.92. The van der Waals surface area contributed by atoms with Crippen molar-refractivity contribution in [1.82, 2.24) is 5.32 Å². The first-order valence-electron chi connectivity index (χ1n) is 8.14. The Hall–Kier alpha value is -2.66. The Morgan fingerprint density at radius 2 is 2.20 bits per heavy atom. The van der Waals surface area contributed by atoms with Crippen LogP contribution in [-0.2, 0) is 4.74 Å². The van der Waals surface area contributed by atoms with E-state index in [2.05, 4.69) is 5.32 Å². The fourth-order valence-electron chi connectivity index (χ4n) is 2.75. The van der Waals surface area contributed by atoms with Crippen molar-refractivity contribution in [1.29, 1.82) is 5.26 Å². The summed E-state index contributed by atoms with van der Waals surface area (Å²) in [5.74, 6) is 0. The predicted molar refractivity (Wildman–Crippen MR) is 92.4 cm³/mol. The molecule has 25 heavy (non-hydrogen) atoms. The Morgan fingerprint density at radius 1 is 1.48 bits per heavy atom. The second-order valence-electron chi connectivity index (χ2n) is 6.92. The monoisotopic (exact) mass is 346 g/mol. The van der Waals surface area contributed by atoms with Crippen LogP contribution in [0.4, 0.5) is 16.2 Å². The summed E-state index contributed by atoms with van der Waals surface area (Å²) in [6, 6.07) is 5.72. The number of anilines is 1. The summed E-state index contributed by atoms with van der Waals surface area (Å²) in [5.41, 5.74) is -0.692. The van der Waals surface area contributed by atoms with E-state index in [0.29, 0.717) is 13.0 Å². The quantitative estimate of drug-likeness (QED) is 0.666. The standard InChI is InChI=1S/C17H22N4O4/c1-17(2,3)25-16(22)20(13-5-4-8-19-11-13)14-7-6-12(10-18)9-15(14)21(23)24/h6-7,9,13,19H,4-5,8,11H2,1-3H3. The lowest BCUT2D eigenvalue weighted by molar-refractivity contribution is -0.384. The van der Waals surface area contributed by atoms with Gasteiger partial charge in [0.1, 0.15) is 11.3 Å². The zero-order chi connectivity index (χ0) is 18.6. The van der Waals surface area contributed by atoms with E-state index >= 15 is 0 Å². The van der Waals surface area contributed by atoms with E-state index in [9.17, 15) is 14.9 Å². The molecule has 0 saturated carbocycles. The fourth-order valence-corrected chi connectivity index (χ4v) is 2.75. The summed E-state index contributed by atoms with van der Waals surface area (Å²) in [4.78, 5) is 25.0. The Balaban J connectivity index is 2.49. The molecular formula is C17H22N4O4. The molecule has 8 heteroatoms. The van der Waals surface area contributed by atoms with Gasteiger partial charge in [0.05, 0.1) is 22.6 Å². The summed E-state index contributed by atoms with van der Waals surface area (Å²) in [6.07, 6.45) is 0.936. The van der Waals surface area contributed by atoms with Gasteiger partial charge in [-0.3, -0.25) is 15.0 Å². The SMILES string of the molecule is CC(C)(C)OC(=O)N(c1ccc(C#N)cc1[N+](=O)[O-])C1CCCNC1. The molecule has 1 aliphatic heterocycles. The van der Waals surface area contributed by atoms with Gasteiger partial charge in [-0.25, -0.2) is 4.79 Å². The van der Waals surface area contributed by atoms with Gasteiger partial charge < -0.3 is 10.1 Å². The van der Waals surface area contributed by atoms with E-state index in [1.807, 2.05) is 6.07 Å². The average molecular weight is 346 g/mol. The van der Waals surface area contributed by atoms with Crippen molar-refractivity contribution < 1.29 is 14.5 Å². The summed E-state index contributed by atoms with van der Waals surface area (Å²) in [5, 5.41) is 23.7. The number of nitrogens with one attached hydrogen (secondary N) is 1. The smallest absolute Gasteiger partial charge is 0.415 e. The van der Waals surface area contributed by atoms with E-state index in [0.717, 1.165) is 13.0 Å². The van der Waals surface area contributed by atoms with Gasteiger partial charge in [0.25, 0.3) is 5.69 Å². The van der Waals surface area contributed by atoms with Crippen LogP contribution in [0.3, 0.4) is 0 Å². The summed E-state index contributed by atoms with van der Waals surface area (Å²) < 4.78 is 5.47. The normalized spacial score (nSPS) is 17.4. The first kappa shape index (κ1) is 18.7. The first-order valence-corrected chi connectivity index (χ1v) is 8.14. The third-order valence-electron chi connectivity index (χ3n) is 3.79. The number of amides is 1. The largest absolute Gasteiger partial charge is 0.443 e. The van der Waals surface area contributed by atoms with Gasteiger partial charge in [-0.15, -0.1) is 0 Å². The predicted octanol–water partition coefficient (Wildman–Crippen LogP) is 2.96. The minimum Gasteiger partial charge on any atom is -0.443 e. The number of piperidine rings is 1. The lowest BCUT2D eigenvalue weighted by Crippen LogP contribution is -2.50. The van der Waals surface area contributed by atoms with Crippen LogP contribution in [0.15, 0.2) is 18.2 Å². The topological polar surface area (TPSA) is 108 Å². The van der Waals surface area contributed by atoms with E-state index < -0.39 is 16.6 Å². The highest BCUT2D eigenvalue weighted by Gasteiger charge is 2.34. The number of ether oxygens (including phenoxy) is 1. The molecule has 1 aliphatic rings. The van der Waals surface area contributed by atoms with Crippen molar-refractivity contribution >= 4 is 17.5 Å². The molecule has 1 unspecified atom stereocenters. The lowest BCUT2D eigenvalue weighted by Gasteiger charge is -2.35. The van der Waals surface area contributed by atoms with Gasteiger partial charge >= 0.3 is 6.09 Å². The van der Waals surface area contributed by atoms with Crippen molar-refractivity contribution in [2.24, 2.45) is 0 Å². The van der Waals surface area contributed by atoms with Crippen LogP contribution < -0.4 is 10.2 Å². The van der Waals surface area contributed by atoms with Crippen LogP contribution in [-0.4, -0.2) is 35.7 Å². The minimum absolute atomic E-state index is 0.145. The molecule has 1 saturated heterocycles. The zero-order valence-corrected chi connectivity index (χ0v) is 14.6. The fraction of sp³-hybridized carbons (Fsp3) is 0.529. The molecule has 1 atom stereocenters. The van der Waals surface area contributed by atoms with Crippen molar-refractivity contribution in [3.05, 3.63) is 33.9 Å². The van der Waals surface area contributed by atoms with Crippen molar-refractivity contribution in [2.75, 3.05) is 18.0 Å². The van der Waals surface area contributed by atoms with Gasteiger partial charge in [0, 0.05) is 12.6 Å². The molecular weight excluding hydrogens is 324 g/mol. The van der Waals surface area contributed by atoms with Crippen LogP contribution in [0.2, 0.25) is 0 Å². The Bertz CT molecular complexity index is 700. The third kappa shape index (κ3) is 4.67. The summed E-state index contributed by atoms with van der Waals surface area (Å²) >= 11 is 0. The molecule has 0 aliphatic carbocycles. The molecule has 0 bridgehead atoms. The van der Waals surface area contributed by atoms with E-state index in [4.69, 9.17) is 10.00 Å². The molecule has 1 aromatic carbocycles. The van der Waals surface area contributed by atoms with Gasteiger partial charge in [-0.2, -0.15) is 5.26 Å². The number of rotatable bonds is 3. The second kappa shape index (κ2) is 7.49. The van der Waals surface area contributed by atoms with E-state index in [1.54, 1.807) is 20.8 Å². The van der Waals surface area contributed by atoms with Gasteiger partial charge in [-0.05, 0) is 52.3 Å². The number of nitro groups is 1. The number of nitrogens with zero attached hydrogens (tertiary/aromatic N) is 3. The summed E-state index contributed by atoms with van der Waals surface area (Å²) in [7, 11) is 0. The number of hydrogen-bond acceptors (Lipinski definition) is 6. The molecule has 1 fully saturated rings. The molecule has 8 nitrogen and oxygen atoms in total. The molecule has 1 heterocycles. The minimum atomic E-state index is -0.723. The van der Waals surface area contributed by atoms with Crippen LogP contribution in [0, 0.1) is 21.4 Å². The van der Waals surface area contributed by atoms with Crippen molar-refractivity contribution in [3.63, 3.8) is 0 Å². The molecule has 1 N–H and O–H groups in total. The molecule has 1 amide bonds. The summed E-state index contributed by atoms with van der Waals surface area (Å²) in [6.45, 7) is 6.60. The highest BCUT2D eigenvalue weighted by atomic mass is 16.6.